The van der Waals surface area contributed by atoms with Crippen LogP contribution in [0.1, 0.15) is 154 Å². The van der Waals surface area contributed by atoms with Crippen molar-refractivity contribution in [3.8, 4) is 11.8 Å². The van der Waals surface area contributed by atoms with Gasteiger partial charge in [-0.2, -0.15) is 0 Å². The van der Waals surface area contributed by atoms with Gasteiger partial charge in [-0.15, -0.1) is 5.92 Å². The maximum Gasteiger partial charge on any atom is 0.331 e. The first-order valence-corrected chi connectivity index (χ1v) is 24.6. The molecule has 0 aromatic heterocycles. The zero-order valence-electron chi connectivity index (χ0n) is 37.9. The van der Waals surface area contributed by atoms with E-state index in [2.05, 4.69) is 74.2 Å². The third kappa shape index (κ3) is 8.47. The second kappa shape index (κ2) is 18.6. The third-order valence-electron chi connectivity index (χ3n) is 17.7. The minimum atomic E-state index is -1.70. The highest BCUT2D eigenvalue weighted by Gasteiger charge is 2.78. The maximum atomic E-state index is 15.3. The van der Waals surface area contributed by atoms with Gasteiger partial charge < -0.3 is 24.8 Å². The summed E-state index contributed by atoms with van der Waals surface area (Å²) in [5, 5.41) is 40.7. The molecule has 4 fully saturated rings. The highest BCUT2D eigenvalue weighted by atomic mass is 16.5. The zero-order chi connectivity index (χ0) is 43.6. The van der Waals surface area contributed by atoms with Gasteiger partial charge in [0.25, 0.3) is 0 Å². The van der Waals surface area contributed by atoms with E-state index in [1.807, 2.05) is 19.1 Å². The van der Waals surface area contributed by atoms with E-state index >= 15 is 4.79 Å². The fourth-order valence-corrected chi connectivity index (χ4v) is 14.4. The lowest BCUT2D eigenvalue weighted by Gasteiger charge is -2.72. The molecule has 7 nitrogen and oxygen atoms in total. The molecule has 2 aromatic carbocycles. The van der Waals surface area contributed by atoms with E-state index in [-0.39, 0.29) is 25.0 Å². The van der Waals surface area contributed by atoms with Gasteiger partial charge in [-0.1, -0.05) is 119 Å². The van der Waals surface area contributed by atoms with Crippen molar-refractivity contribution in [2.24, 2.45) is 45.3 Å². The molecule has 11 atom stereocenters. The Bertz CT molecular complexity index is 1960. The van der Waals surface area contributed by atoms with Crippen molar-refractivity contribution >= 4 is 11.9 Å². The quantitative estimate of drug-likeness (QED) is 0.128. The SMILES string of the molecule is C[C@H](CCCc1ccccc1)CC[C@H](O)[C@]12[C@@H]([C@H]3C[C@](C)(C#CC[C@@]4(CCC[C@@H](Cc5ccccc5)C4)C(=O)O3)[C@]1(O)CCC1=CC(=O)OC1)[C@](C)(C1CCCCC1)CC[C@@H]2O. The van der Waals surface area contributed by atoms with E-state index < -0.39 is 51.5 Å². The molecule has 2 heterocycles. The van der Waals surface area contributed by atoms with Crippen molar-refractivity contribution in [2.75, 3.05) is 6.61 Å². The molecule has 0 unspecified atom stereocenters. The van der Waals surface area contributed by atoms with Crippen LogP contribution in [0.3, 0.4) is 0 Å². The Kier molecular flexibility index (Phi) is 13.5. The smallest absolute Gasteiger partial charge is 0.331 e. The van der Waals surface area contributed by atoms with Crippen LogP contribution in [0.5, 0.6) is 0 Å². The van der Waals surface area contributed by atoms with Gasteiger partial charge in [-0.05, 0) is 130 Å². The number of carbonyl (C=O) groups is 2. The van der Waals surface area contributed by atoms with E-state index in [1.165, 1.54) is 23.6 Å². The number of fused-ring (bicyclic) bond motifs is 4. The normalized spacial score (nSPS) is 37.0. The van der Waals surface area contributed by atoms with Gasteiger partial charge in [0.05, 0.1) is 34.1 Å². The van der Waals surface area contributed by atoms with E-state index in [4.69, 9.17) is 9.47 Å². The lowest BCUT2D eigenvalue weighted by Crippen LogP contribution is -2.79. The van der Waals surface area contributed by atoms with Crippen LogP contribution in [0.15, 0.2) is 72.3 Å². The molecule has 2 aliphatic heterocycles. The molecule has 0 saturated heterocycles. The Balaban J connectivity index is 1.20. The Morgan fingerprint density at radius 2 is 1.56 bits per heavy atom. The number of carbonyl (C=O) groups excluding carboxylic acids is 2. The molecule has 2 bridgehead atoms. The van der Waals surface area contributed by atoms with Crippen LogP contribution in [0.2, 0.25) is 0 Å². The summed E-state index contributed by atoms with van der Waals surface area (Å²) in [6, 6.07) is 21.1. The summed E-state index contributed by atoms with van der Waals surface area (Å²) in [5.74, 6) is 7.09. The number of ether oxygens (including phenoxy) is 2. The Hall–Kier alpha value is -3.44. The zero-order valence-corrected chi connectivity index (χ0v) is 37.9. The summed E-state index contributed by atoms with van der Waals surface area (Å²) in [4.78, 5) is 27.6. The molecule has 336 valence electrons. The number of rotatable bonds is 14. The predicted molar refractivity (Wildman–Crippen MR) is 242 cm³/mol. The number of aliphatic hydroxyl groups excluding tert-OH is 2. The molecule has 4 saturated carbocycles. The Morgan fingerprint density at radius 1 is 0.839 bits per heavy atom. The minimum absolute atomic E-state index is 0.173. The number of esters is 2. The molecule has 3 N–H and O–H groups in total. The van der Waals surface area contributed by atoms with Crippen LogP contribution in [0.4, 0.5) is 0 Å². The van der Waals surface area contributed by atoms with Crippen LogP contribution < -0.4 is 0 Å². The third-order valence-corrected chi connectivity index (χ3v) is 17.7. The lowest BCUT2D eigenvalue weighted by atomic mass is 9.35. The van der Waals surface area contributed by atoms with Crippen molar-refractivity contribution in [1.82, 2.24) is 0 Å². The van der Waals surface area contributed by atoms with Gasteiger partial charge in [0.1, 0.15) is 12.7 Å². The molecule has 1 spiro atoms. The summed E-state index contributed by atoms with van der Waals surface area (Å²) in [6.45, 7) is 6.79. The average Bonchev–Trinajstić information content (AvgIpc) is 3.71. The predicted octanol–water partition coefficient (Wildman–Crippen LogP) is 10.3. The molecule has 0 radical (unpaired) electrons. The largest absolute Gasteiger partial charge is 0.462 e. The number of cyclic esters (lactones) is 1. The number of hydrogen-bond acceptors (Lipinski definition) is 7. The van der Waals surface area contributed by atoms with Crippen molar-refractivity contribution in [2.45, 2.75) is 180 Å². The molecule has 4 aliphatic carbocycles. The fraction of sp³-hybridized carbons (Fsp3) is 0.673. The summed E-state index contributed by atoms with van der Waals surface area (Å²) >= 11 is 0. The summed E-state index contributed by atoms with van der Waals surface area (Å²) < 4.78 is 12.5. The highest BCUT2D eigenvalue weighted by molar-refractivity contribution is 5.85. The fourth-order valence-electron chi connectivity index (χ4n) is 14.4. The van der Waals surface area contributed by atoms with Gasteiger partial charge in [0, 0.05) is 24.8 Å². The van der Waals surface area contributed by atoms with Crippen LogP contribution in [0, 0.1) is 57.2 Å². The van der Waals surface area contributed by atoms with Crippen LogP contribution >= 0.6 is 0 Å². The minimum Gasteiger partial charge on any atom is -0.462 e. The molecular formula is C55H74O7. The second-order valence-electron chi connectivity index (χ2n) is 21.5. The van der Waals surface area contributed by atoms with E-state index in [1.54, 1.807) is 0 Å². The molecule has 7 heteroatoms. The standard InChI is InChI=1S/C55H74O7/c1-39(16-13-21-40-17-7-4-8-18-40)25-26-46(56)55-47(57)28-32-52(3,44-23-11-6-12-24-44)49(55)45-37-51(2,54(55,60)33-27-43-35-48(58)61-38-43)29-15-31-53(50(59)62-45)30-14-22-42(36-53)34-41-19-9-5-10-20-41/h4-5,7-10,17-20,35,39,42,44-47,49,56-57,60H,6,11-14,16,21-28,30-34,36-38H2,1-3H3/t39-,42+,45-,46+,47+,49+,51+,52+,53-,54-,55+/m1/s1. The Labute approximate surface area is 371 Å². The molecule has 2 aromatic rings. The topological polar surface area (TPSA) is 113 Å². The van der Waals surface area contributed by atoms with Crippen LogP contribution in [0.25, 0.3) is 0 Å². The first-order valence-electron chi connectivity index (χ1n) is 24.6. The van der Waals surface area contributed by atoms with Crippen molar-refractivity contribution < 1.29 is 34.4 Å². The average molecular weight is 847 g/mol. The van der Waals surface area contributed by atoms with Gasteiger partial charge in [0.2, 0.25) is 0 Å². The molecule has 6 aliphatic rings. The second-order valence-corrected chi connectivity index (χ2v) is 21.5. The Morgan fingerprint density at radius 3 is 2.27 bits per heavy atom. The number of hydrogen-bond donors (Lipinski definition) is 3. The first kappa shape index (κ1) is 45.1. The molecule has 8 rings (SSSR count). The van der Waals surface area contributed by atoms with E-state index in [0.717, 1.165) is 82.6 Å². The monoisotopic (exact) mass is 847 g/mol. The number of benzene rings is 2. The maximum absolute atomic E-state index is 15.3. The van der Waals surface area contributed by atoms with E-state index in [9.17, 15) is 20.1 Å². The number of aliphatic hydroxyl groups is 3. The number of aryl methyl sites for hydroxylation is 1. The van der Waals surface area contributed by atoms with Gasteiger partial charge in [0.15, 0.2) is 0 Å². The molecule has 62 heavy (non-hydrogen) atoms. The lowest BCUT2D eigenvalue weighted by molar-refractivity contribution is -0.339. The van der Waals surface area contributed by atoms with Crippen molar-refractivity contribution in [1.29, 1.82) is 0 Å². The van der Waals surface area contributed by atoms with Gasteiger partial charge in [-0.25, -0.2) is 4.79 Å². The molecular weight excluding hydrogens is 773 g/mol. The van der Waals surface area contributed by atoms with E-state index in [0.29, 0.717) is 62.7 Å². The van der Waals surface area contributed by atoms with Crippen LogP contribution in [-0.2, 0) is 31.9 Å². The highest BCUT2D eigenvalue weighted by Crippen LogP contribution is 2.72. The summed E-state index contributed by atoms with van der Waals surface area (Å²) in [6.07, 6.45) is 15.1. The summed E-state index contributed by atoms with van der Waals surface area (Å²) in [7, 11) is 0. The van der Waals surface area contributed by atoms with Crippen LogP contribution in [-0.4, -0.2) is 57.8 Å². The molecule has 0 amide bonds. The first-order chi connectivity index (χ1) is 29.8. The van der Waals surface area contributed by atoms with Crippen molar-refractivity contribution in [3.63, 3.8) is 0 Å². The van der Waals surface area contributed by atoms with Gasteiger partial charge in [-0.3, -0.25) is 4.79 Å². The van der Waals surface area contributed by atoms with Crippen molar-refractivity contribution in [3.05, 3.63) is 83.4 Å². The summed E-state index contributed by atoms with van der Waals surface area (Å²) in [5.41, 5.74) is -2.09. The van der Waals surface area contributed by atoms with Gasteiger partial charge >= 0.3 is 11.9 Å².